The molecule has 1 aliphatic heterocycles. The van der Waals surface area contributed by atoms with Crippen LogP contribution in [0.2, 0.25) is 0 Å². The fourth-order valence-electron chi connectivity index (χ4n) is 2.89. The lowest BCUT2D eigenvalue weighted by Crippen LogP contribution is -2.52. The Morgan fingerprint density at radius 1 is 0.967 bits per heavy atom. The number of likely N-dealkylation sites (N-methyl/N-ethyl adjacent to an activating group) is 2. The number of carbonyl (C=O) groups excluding carboxylic acids is 2. The topological polar surface area (TPSA) is 59.1 Å². The summed E-state index contributed by atoms with van der Waals surface area (Å²) in [6.45, 7) is 2.72. The molecule has 0 unspecified atom stereocenters. The number of nitrogens with zero attached hydrogens (tertiary/aromatic N) is 2. The van der Waals surface area contributed by atoms with Crippen LogP contribution in [0.4, 0.5) is 0 Å². The number of benzene rings is 2. The van der Waals surface area contributed by atoms with Gasteiger partial charge in [0.25, 0.3) is 11.8 Å². The molecule has 0 radical (unpaired) electrons. The van der Waals surface area contributed by atoms with Gasteiger partial charge in [0.15, 0.2) is 16.6 Å². The monoisotopic (exact) mass is 488 g/mol. The van der Waals surface area contributed by atoms with Crippen LogP contribution in [0.3, 0.4) is 0 Å². The van der Waals surface area contributed by atoms with Crippen LogP contribution in [0.5, 0.6) is 11.5 Å². The number of carbonyl (C=O) groups is 2. The lowest BCUT2D eigenvalue weighted by molar-refractivity contribution is -0.132. The van der Waals surface area contributed by atoms with Gasteiger partial charge in [-0.1, -0.05) is 34.1 Å². The SMILES string of the molecule is CCOc1cc(C=C2C(=O)N(C)C(=S)N(C)C2=O)ccc1OCc1ccc(Br)cc1. The van der Waals surface area contributed by atoms with Crippen LogP contribution < -0.4 is 9.47 Å². The van der Waals surface area contributed by atoms with Crippen molar-refractivity contribution in [2.24, 2.45) is 0 Å². The van der Waals surface area contributed by atoms with Crippen molar-refractivity contribution in [1.82, 2.24) is 9.80 Å². The summed E-state index contributed by atoms with van der Waals surface area (Å²) in [5, 5.41) is 0.175. The van der Waals surface area contributed by atoms with Crippen molar-refractivity contribution in [1.29, 1.82) is 0 Å². The predicted molar refractivity (Wildman–Crippen MR) is 122 cm³/mol. The minimum atomic E-state index is -0.434. The van der Waals surface area contributed by atoms with E-state index >= 15 is 0 Å². The van der Waals surface area contributed by atoms with E-state index in [2.05, 4.69) is 15.9 Å². The number of amides is 2. The molecule has 0 spiro atoms. The Labute approximate surface area is 189 Å². The summed E-state index contributed by atoms with van der Waals surface area (Å²) < 4.78 is 12.6. The molecule has 1 aliphatic rings. The first-order chi connectivity index (χ1) is 14.3. The molecule has 1 saturated heterocycles. The van der Waals surface area contributed by atoms with Crippen molar-refractivity contribution in [3.8, 4) is 11.5 Å². The molecule has 2 aromatic rings. The molecule has 2 aromatic carbocycles. The molecule has 156 valence electrons. The third-order valence-electron chi connectivity index (χ3n) is 4.53. The van der Waals surface area contributed by atoms with Crippen molar-refractivity contribution in [2.45, 2.75) is 13.5 Å². The van der Waals surface area contributed by atoms with Gasteiger partial charge < -0.3 is 9.47 Å². The molecule has 6 nitrogen and oxygen atoms in total. The molecule has 0 atom stereocenters. The highest BCUT2D eigenvalue weighted by molar-refractivity contribution is 9.10. The van der Waals surface area contributed by atoms with Crippen LogP contribution in [0.25, 0.3) is 6.08 Å². The van der Waals surface area contributed by atoms with Gasteiger partial charge in [-0.3, -0.25) is 19.4 Å². The van der Waals surface area contributed by atoms with Crippen LogP contribution in [-0.2, 0) is 16.2 Å². The van der Waals surface area contributed by atoms with E-state index in [1.165, 1.54) is 9.80 Å². The fourth-order valence-corrected chi connectivity index (χ4v) is 3.32. The number of hydrogen-bond acceptors (Lipinski definition) is 5. The molecule has 1 heterocycles. The Bertz CT molecular complexity index is 994. The van der Waals surface area contributed by atoms with Crippen molar-refractivity contribution in [3.05, 3.63) is 63.6 Å². The van der Waals surface area contributed by atoms with Gasteiger partial charge in [-0.25, -0.2) is 0 Å². The number of rotatable bonds is 6. The summed E-state index contributed by atoms with van der Waals surface area (Å²) in [5.74, 6) is 0.253. The Kier molecular flexibility index (Phi) is 6.89. The molecule has 30 heavy (non-hydrogen) atoms. The van der Waals surface area contributed by atoms with E-state index in [-0.39, 0.29) is 10.7 Å². The first kappa shape index (κ1) is 22.0. The van der Waals surface area contributed by atoms with E-state index in [4.69, 9.17) is 21.7 Å². The van der Waals surface area contributed by atoms with E-state index in [9.17, 15) is 9.59 Å². The molecular weight excluding hydrogens is 468 g/mol. The second-order valence-electron chi connectivity index (χ2n) is 6.62. The third-order valence-corrected chi connectivity index (χ3v) is 5.61. The zero-order valence-corrected chi connectivity index (χ0v) is 19.2. The zero-order chi connectivity index (χ0) is 21.8. The third kappa shape index (κ3) is 4.71. The molecule has 1 fully saturated rings. The molecule has 8 heteroatoms. The second-order valence-corrected chi connectivity index (χ2v) is 7.90. The van der Waals surface area contributed by atoms with E-state index < -0.39 is 11.8 Å². The minimum absolute atomic E-state index is 0.0413. The number of halogens is 1. The van der Waals surface area contributed by atoms with E-state index in [0.717, 1.165) is 10.0 Å². The maximum Gasteiger partial charge on any atom is 0.265 e. The Morgan fingerprint density at radius 2 is 1.60 bits per heavy atom. The lowest BCUT2D eigenvalue weighted by Gasteiger charge is -2.31. The van der Waals surface area contributed by atoms with Gasteiger partial charge in [-0.2, -0.15) is 0 Å². The maximum atomic E-state index is 12.5. The van der Waals surface area contributed by atoms with Gasteiger partial charge in [-0.15, -0.1) is 0 Å². The van der Waals surface area contributed by atoms with Gasteiger partial charge in [-0.05, 0) is 60.6 Å². The summed E-state index contributed by atoms with van der Waals surface area (Å²) in [5.41, 5.74) is 1.72. The average molecular weight is 489 g/mol. The molecule has 2 amide bonds. The van der Waals surface area contributed by atoms with Crippen molar-refractivity contribution in [3.63, 3.8) is 0 Å². The summed E-state index contributed by atoms with van der Waals surface area (Å²) in [4.78, 5) is 27.6. The Balaban J connectivity index is 1.86. The summed E-state index contributed by atoms with van der Waals surface area (Å²) in [7, 11) is 3.10. The first-order valence-electron chi connectivity index (χ1n) is 9.27. The largest absolute Gasteiger partial charge is 0.490 e. The second kappa shape index (κ2) is 9.40. The molecule has 0 saturated carbocycles. The zero-order valence-electron chi connectivity index (χ0n) is 16.8. The van der Waals surface area contributed by atoms with Gasteiger partial charge >= 0.3 is 0 Å². The summed E-state index contributed by atoms with van der Waals surface area (Å²) in [6, 6.07) is 13.2. The van der Waals surface area contributed by atoms with Crippen LogP contribution in [0, 0.1) is 0 Å². The Hall–Kier alpha value is -2.71. The van der Waals surface area contributed by atoms with Gasteiger partial charge in [0.2, 0.25) is 0 Å². The quantitative estimate of drug-likeness (QED) is 0.349. The van der Waals surface area contributed by atoms with Crippen LogP contribution in [0.1, 0.15) is 18.1 Å². The smallest absolute Gasteiger partial charge is 0.265 e. The molecule has 3 rings (SSSR count). The number of ether oxygens (including phenoxy) is 2. The van der Waals surface area contributed by atoms with Crippen LogP contribution in [-0.4, -0.2) is 47.4 Å². The normalized spacial score (nSPS) is 14.3. The summed E-state index contributed by atoms with van der Waals surface area (Å²) >= 11 is 8.53. The highest BCUT2D eigenvalue weighted by atomic mass is 79.9. The highest BCUT2D eigenvalue weighted by Gasteiger charge is 2.35. The summed E-state index contributed by atoms with van der Waals surface area (Å²) in [6.07, 6.45) is 1.54. The maximum absolute atomic E-state index is 12.5. The van der Waals surface area contributed by atoms with E-state index in [1.54, 1.807) is 38.4 Å². The van der Waals surface area contributed by atoms with Crippen LogP contribution >= 0.6 is 28.1 Å². The van der Waals surface area contributed by atoms with E-state index in [1.807, 2.05) is 31.2 Å². The predicted octanol–water partition coefficient (Wildman–Crippen LogP) is 4.03. The van der Waals surface area contributed by atoms with Crippen molar-refractivity contribution < 1.29 is 19.1 Å². The van der Waals surface area contributed by atoms with Crippen LogP contribution in [0.15, 0.2) is 52.5 Å². The molecule has 0 bridgehead atoms. The molecule has 0 N–H and O–H groups in total. The fraction of sp³-hybridized carbons (Fsp3) is 0.227. The van der Waals surface area contributed by atoms with Gasteiger partial charge in [0.05, 0.1) is 6.61 Å². The highest BCUT2D eigenvalue weighted by Crippen LogP contribution is 2.31. The average Bonchev–Trinajstić information content (AvgIpc) is 2.74. The molecule has 0 aliphatic carbocycles. The number of thiocarbonyl (C=S) groups is 1. The lowest BCUT2D eigenvalue weighted by atomic mass is 10.1. The van der Waals surface area contributed by atoms with E-state index in [0.29, 0.717) is 30.3 Å². The number of hydrogen-bond donors (Lipinski definition) is 0. The first-order valence-corrected chi connectivity index (χ1v) is 10.5. The van der Waals surface area contributed by atoms with Gasteiger partial charge in [0.1, 0.15) is 12.2 Å². The standard InChI is InChI=1S/C22H21BrN2O4S/c1-4-28-19-12-15(11-17-20(26)24(2)22(30)25(3)21(17)27)7-10-18(19)29-13-14-5-8-16(23)9-6-14/h5-12H,4,13H2,1-3H3. The van der Waals surface area contributed by atoms with Gasteiger partial charge in [0, 0.05) is 18.6 Å². The van der Waals surface area contributed by atoms with Crippen molar-refractivity contribution >= 4 is 51.2 Å². The molecular formula is C22H21BrN2O4S. The van der Waals surface area contributed by atoms with Crippen molar-refractivity contribution in [2.75, 3.05) is 20.7 Å². The Morgan fingerprint density at radius 3 is 2.20 bits per heavy atom. The minimum Gasteiger partial charge on any atom is -0.490 e. The molecule has 0 aromatic heterocycles.